The molecule has 1 aromatic rings. The Kier molecular flexibility index (Phi) is 4.26. The molecule has 1 rings (SSSR count). The van der Waals surface area contributed by atoms with Crippen molar-refractivity contribution in [3.05, 3.63) is 35.4 Å². The van der Waals surface area contributed by atoms with Gasteiger partial charge in [0.25, 0.3) is 0 Å². The zero-order valence-electron chi connectivity index (χ0n) is 7.97. The molecule has 0 saturated heterocycles. The Balaban J connectivity index is 2.92. The van der Waals surface area contributed by atoms with E-state index >= 15 is 0 Å². The van der Waals surface area contributed by atoms with Gasteiger partial charge in [0, 0.05) is 12.5 Å². The second-order valence-corrected chi connectivity index (χ2v) is 5.22. The van der Waals surface area contributed by atoms with E-state index in [1.165, 1.54) is 6.92 Å². The van der Waals surface area contributed by atoms with Gasteiger partial charge in [-0.25, -0.2) is 0 Å². The van der Waals surface area contributed by atoms with Crippen LogP contribution in [0.3, 0.4) is 0 Å². The van der Waals surface area contributed by atoms with Gasteiger partial charge in [0.2, 0.25) is 3.79 Å². The average molecular weight is 268 g/mol. The molecule has 15 heavy (non-hydrogen) atoms. The molecule has 0 heterocycles. The molecule has 0 aliphatic rings. The third-order valence-electron chi connectivity index (χ3n) is 1.75. The van der Waals surface area contributed by atoms with Crippen LogP contribution in [0.1, 0.15) is 18.1 Å². The second-order valence-electron chi connectivity index (χ2n) is 2.94. The molecule has 0 bridgehead atoms. The molecular formula is C10H9Cl3O2. The highest BCUT2D eigenvalue weighted by Gasteiger charge is 2.25. The molecule has 0 unspecified atom stereocenters. The Morgan fingerprint density at radius 1 is 1.33 bits per heavy atom. The van der Waals surface area contributed by atoms with Gasteiger partial charge < -0.3 is 4.74 Å². The van der Waals surface area contributed by atoms with E-state index in [1.54, 1.807) is 24.3 Å². The smallest absolute Gasteiger partial charge is 0.302 e. The van der Waals surface area contributed by atoms with E-state index in [0.717, 1.165) is 0 Å². The maximum Gasteiger partial charge on any atom is 0.302 e. The number of hydrogen-bond acceptors (Lipinski definition) is 2. The second kappa shape index (κ2) is 5.06. The predicted molar refractivity (Wildman–Crippen MR) is 61.1 cm³/mol. The lowest BCUT2D eigenvalue weighted by Gasteiger charge is -2.15. The topological polar surface area (TPSA) is 26.3 Å². The fraction of sp³-hybridized carbons (Fsp3) is 0.300. The molecule has 82 valence electrons. The number of esters is 1. The quantitative estimate of drug-likeness (QED) is 0.605. The molecule has 0 aliphatic carbocycles. The summed E-state index contributed by atoms with van der Waals surface area (Å²) in [6.45, 7) is 1.44. The van der Waals surface area contributed by atoms with E-state index in [4.69, 9.17) is 39.5 Å². The summed E-state index contributed by atoms with van der Waals surface area (Å²) in [6, 6.07) is 6.99. The first kappa shape index (κ1) is 12.6. The summed E-state index contributed by atoms with van der Waals surface area (Å²) in [4.78, 5) is 10.7. The Bertz CT molecular complexity index is 358. The van der Waals surface area contributed by atoms with Crippen LogP contribution in [-0.2, 0) is 19.9 Å². The lowest BCUT2D eigenvalue weighted by atomic mass is 10.1. The van der Waals surface area contributed by atoms with Gasteiger partial charge in [0.1, 0.15) is 6.61 Å². The molecule has 0 aliphatic heterocycles. The van der Waals surface area contributed by atoms with Gasteiger partial charge in [-0.1, -0.05) is 59.1 Å². The van der Waals surface area contributed by atoms with Gasteiger partial charge in [0.15, 0.2) is 0 Å². The van der Waals surface area contributed by atoms with E-state index < -0.39 is 3.79 Å². The molecule has 0 atom stereocenters. The van der Waals surface area contributed by atoms with Crippen molar-refractivity contribution in [1.29, 1.82) is 0 Å². The van der Waals surface area contributed by atoms with Gasteiger partial charge in [-0.15, -0.1) is 0 Å². The summed E-state index contributed by atoms with van der Waals surface area (Å²) in [5, 5.41) is 0. The summed E-state index contributed by atoms with van der Waals surface area (Å²) >= 11 is 17.3. The molecule has 5 heteroatoms. The molecule has 0 fully saturated rings. The normalized spacial score (nSPS) is 11.2. The van der Waals surface area contributed by atoms with E-state index in [0.29, 0.717) is 11.1 Å². The Morgan fingerprint density at radius 2 is 1.93 bits per heavy atom. The van der Waals surface area contributed by atoms with E-state index in [2.05, 4.69) is 0 Å². The molecular weight excluding hydrogens is 258 g/mol. The number of alkyl halides is 3. The highest BCUT2D eigenvalue weighted by atomic mass is 35.6. The summed E-state index contributed by atoms with van der Waals surface area (Å²) in [6.07, 6.45) is 0. The maximum absolute atomic E-state index is 10.7. The number of carbonyl (C=O) groups excluding carboxylic acids is 1. The van der Waals surface area contributed by atoms with Crippen LogP contribution in [0.25, 0.3) is 0 Å². The number of carbonyl (C=O) groups is 1. The number of hydrogen-bond donors (Lipinski definition) is 0. The predicted octanol–water partition coefficient (Wildman–Crippen LogP) is 3.58. The number of rotatable bonds is 2. The van der Waals surface area contributed by atoms with Crippen LogP contribution >= 0.6 is 34.8 Å². The summed E-state index contributed by atoms with van der Waals surface area (Å²) < 4.78 is 3.35. The van der Waals surface area contributed by atoms with Crippen molar-refractivity contribution in [3.8, 4) is 0 Å². The first-order chi connectivity index (χ1) is 6.91. The summed E-state index contributed by atoms with van der Waals surface area (Å²) in [5.74, 6) is -0.367. The minimum Gasteiger partial charge on any atom is -0.461 e. The minimum absolute atomic E-state index is 0.111. The Labute approximate surface area is 103 Å². The van der Waals surface area contributed by atoms with Crippen molar-refractivity contribution < 1.29 is 9.53 Å². The van der Waals surface area contributed by atoms with Gasteiger partial charge in [-0.3, -0.25) is 4.79 Å². The standard InChI is InChI=1S/C10H9Cl3O2/c1-7(14)15-6-8-4-2-3-5-9(8)10(11,12)13/h2-5H,6H2,1H3. The average Bonchev–Trinajstić information content (AvgIpc) is 2.13. The maximum atomic E-state index is 10.7. The molecule has 0 aromatic heterocycles. The molecule has 1 aromatic carbocycles. The Morgan fingerprint density at radius 3 is 2.47 bits per heavy atom. The zero-order valence-corrected chi connectivity index (χ0v) is 10.2. The van der Waals surface area contributed by atoms with E-state index in [-0.39, 0.29) is 12.6 Å². The highest BCUT2D eigenvalue weighted by Crippen LogP contribution is 2.40. The number of halogens is 3. The van der Waals surface area contributed by atoms with E-state index in [9.17, 15) is 4.79 Å². The van der Waals surface area contributed by atoms with E-state index in [1.807, 2.05) is 0 Å². The van der Waals surface area contributed by atoms with Crippen LogP contribution in [-0.4, -0.2) is 5.97 Å². The van der Waals surface area contributed by atoms with Gasteiger partial charge >= 0.3 is 5.97 Å². The molecule has 0 saturated carbocycles. The van der Waals surface area contributed by atoms with Crippen molar-refractivity contribution in [2.75, 3.05) is 0 Å². The minimum atomic E-state index is -1.50. The molecule has 0 spiro atoms. The molecule has 2 nitrogen and oxygen atoms in total. The van der Waals surface area contributed by atoms with Crippen LogP contribution in [0, 0.1) is 0 Å². The van der Waals surface area contributed by atoms with Crippen LogP contribution in [0.2, 0.25) is 0 Å². The largest absolute Gasteiger partial charge is 0.461 e. The van der Waals surface area contributed by atoms with Gasteiger partial charge in [-0.05, 0) is 5.56 Å². The van der Waals surface area contributed by atoms with Crippen molar-refractivity contribution in [3.63, 3.8) is 0 Å². The first-order valence-corrected chi connectivity index (χ1v) is 5.33. The Hall–Kier alpha value is -0.440. The molecule has 0 N–H and O–H groups in total. The van der Waals surface area contributed by atoms with Crippen molar-refractivity contribution in [2.24, 2.45) is 0 Å². The third-order valence-corrected chi connectivity index (χ3v) is 2.36. The molecule has 0 amide bonds. The third kappa shape index (κ3) is 3.90. The fourth-order valence-electron chi connectivity index (χ4n) is 1.10. The molecule has 0 radical (unpaired) electrons. The van der Waals surface area contributed by atoms with Crippen LogP contribution in [0.5, 0.6) is 0 Å². The van der Waals surface area contributed by atoms with Crippen molar-refractivity contribution in [1.82, 2.24) is 0 Å². The lowest BCUT2D eigenvalue weighted by Crippen LogP contribution is -2.07. The SMILES string of the molecule is CC(=O)OCc1ccccc1C(Cl)(Cl)Cl. The van der Waals surface area contributed by atoms with Crippen LogP contribution in [0.15, 0.2) is 24.3 Å². The zero-order chi connectivity index (χ0) is 11.5. The number of benzene rings is 1. The van der Waals surface area contributed by atoms with Gasteiger partial charge in [0.05, 0.1) is 0 Å². The fourth-order valence-corrected chi connectivity index (χ4v) is 1.66. The van der Waals surface area contributed by atoms with Gasteiger partial charge in [-0.2, -0.15) is 0 Å². The monoisotopic (exact) mass is 266 g/mol. The van der Waals surface area contributed by atoms with Crippen molar-refractivity contribution in [2.45, 2.75) is 17.3 Å². The lowest BCUT2D eigenvalue weighted by molar-refractivity contribution is -0.142. The van der Waals surface area contributed by atoms with Crippen molar-refractivity contribution >= 4 is 40.8 Å². The van der Waals surface area contributed by atoms with Crippen LogP contribution in [0.4, 0.5) is 0 Å². The first-order valence-electron chi connectivity index (χ1n) is 4.19. The van der Waals surface area contributed by atoms with Crippen LogP contribution < -0.4 is 0 Å². The number of ether oxygens (including phenoxy) is 1. The summed E-state index contributed by atoms with van der Waals surface area (Å²) in [5.41, 5.74) is 1.21. The summed E-state index contributed by atoms with van der Waals surface area (Å²) in [7, 11) is 0. The highest BCUT2D eigenvalue weighted by molar-refractivity contribution is 6.66.